The Morgan fingerprint density at radius 2 is 1.67 bits per heavy atom. The molecule has 0 aliphatic carbocycles. The van der Waals surface area contributed by atoms with Crippen molar-refractivity contribution in [1.29, 1.82) is 0 Å². The maximum atomic E-state index is 5.29. The van der Waals surface area contributed by atoms with Crippen molar-refractivity contribution in [2.75, 3.05) is 12.4 Å². The van der Waals surface area contributed by atoms with Gasteiger partial charge >= 0.3 is 0 Å². The van der Waals surface area contributed by atoms with Crippen LogP contribution in [-0.4, -0.2) is 22.3 Å². The zero-order valence-corrected chi connectivity index (χ0v) is 15.1. The Balaban J connectivity index is 1.61. The van der Waals surface area contributed by atoms with E-state index < -0.39 is 0 Å². The van der Waals surface area contributed by atoms with E-state index in [1.807, 2.05) is 42.5 Å². The third kappa shape index (κ3) is 3.87. The Hall–Kier alpha value is -3.47. The number of hydrogen-bond donors (Lipinski definition) is 1. The van der Waals surface area contributed by atoms with Crippen LogP contribution < -0.4 is 10.1 Å². The molecule has 0 spiro atoms. The molecule has 0 aliphatic rings. The highest BCUT2D eigenvalue weighted by Crippen LogP contribution is 2.25. The lowest BCUT2D eigenvalue weighted by Gasteiger charge is -2.11. The van der Waals surface area contributed by atoms with Crippen LogP contribution in [0.25, 0.3) is 10.8 Å². The number of methoxy groups -OCH3 is 1. The Labute approximate surface area is 158 Å². The number of pyridine rings is 1. The molecule has 0 radical (unpaired) electrons. The van der Waals surface area contributed by atoms with E-state index >= 15 is 0 Å². The van der Waals surface area contributed by atoms with E-state index in [1.165, 1.54) is 5.56 Å². The minimum atomic E-state index is 0.652. The van der Waals surface area contributed by atoms with E-state index in [9.17, 15) is 0 Å². The standard InChI is InChI=1S/C22H20N4O/c1-27-18-6-4-5-17(13-18)15-24-22-20-8-3-2-7-19(20)21(25-26-22)14-16-9-11-23-12-10-16/h2-13H,14-15H2,1H3,(H,24,26). The van der Waals surface area contributed by atoms with Gasteiger partial charge in [-0.25, -0.2) is 0 Å². The number of rotatable bonds is 6. The molecule has 2 heterocycles. The highest BCUT2D eigenvalue weighted by atomic mass is 16.5. The van der Waals surface area contributed by atoms with Crippen LogP contribution in [0.5, 0.6) is 5.75 Å². The van der Waals surface area contributed by atoms with Crippen LogP contribution in [0.3, 0.4) is 0 Å². The number of ether oxygens (including phenoxy) is 1. The molecule has 4 rings (SSSR count). The summed E-state index contributed by atoms with van der Waals surface area (Å²) in [5.41, 5.74) is 3.26. The summed E-state index contributed by atoms with van der Waals surface area (Å²) in [6.45, 7) is 0.652. The lowest BCUT2D eigenvalue weighted by atomic mass is 10.0. The highest BCUT2D eigenvalue weighted by Gasteiger charge is 2.10. The van der Waals surface area contributed by atoms with E-state index in [1.54, 1.807) is 19.5 Å². The molecule has 0 fully saturated rings. The van der Waals surface area contributed by atoms with Crippen molar-refractivity contribution < 1.29 is 4.74 Å². The number of aromatic nitrogens is 3. The average Bonchev–Trinajstić information content (AvgIpc) is 2.74. The number of benzene rings is 2. The first-order valence-electron chi connectivity index (χ1n) is 8.83. The maximum Gasteiger partial charge on any atom is 0.156 e. The molecule has 2 aromatic heterocycles. The first kappa shape index (κ1) is 17.0. The van der Waals surface area contributed by atoms with Crippen molar-refractivity contribution in [3.63, 3.8) is 0 Å². The molecule has 27 heavy (non-hydrogen) atoms. The van der Waals surface area contributed by atoms with Gasteiger partial charge in [-0.15, -0.1) is 5.10 Å². The molecule has 4 aromatic rings. The quantitative estimate of drug-likeness (QED) is 0.560. The van der Waals surface area contributed by atoms with Crippen LogP contribution in [0.15, 0.2) is 73.1 Å². The number of fused-ring (bicyclic) bond motifs is 1. The molecule has 0 bridgehead atoms. The second-order valence-corrected chi connectivity index (χ2v) is 6.28. The maximum absolute atomic E-state index is 5.29. The van der Waals surface area contributed by atoms with Crippen molar-refractivity contribution >= 4 is 16.6 Å². The van der Waals surface area contributed by atoms with Gasteiger partial charge in [0.2, 0.25) is 0 Å². The molecular weight excluding hydrogens is 336 g/mol. The van der Waals surface area contributed by atoms with Crippen molar-refractivity contribution in [1.82, 2.24) is 15.2 Å². The largest absolute Gasteiger partial charge is 0.497 e. The lowest BCUT2D eigenvalue weighted by molar-refractivity contribution is 0.414. The highest BCUT2D eigenvalue weighted by molar-refractivity contribution is 5.93. The van der Waals surface area contributed by atoms with Crippen molar-refractivity contribution in [3.8, 4) is 5.75 Å². The van der Waals surface area contributed by atoms with E-state index in [0.29, 0.717) is 6.54 Å². The SMILES string of the molecule is COc1cccc(CNc2nnc(Cc3ccncc3)c3ccccc23)c1. The molecule has 5 nitrogen and oxygen atoms in total. The van der Waals surface area contributed by atoms with Gasteiger partial charge in [-0.05, 0) is 35.4 Å². The summed E-state index contributed by atoms with van der Waals surface area (Å²) in [7, 11) is 1.67. The van der Waals surface area contributed by atoms with Gasteiger partial charge in [0, 0.05) is 36.1 Å². The van der Waals surface area contributed by atoms with E-state index in [-0.39, 0.29) is 0 Å². The third-order valence-electron chi connectivity index (χ3n) is 4.48. The minimum Gasteiger partial charge on any atom is -0.497 e. The van der Waals surface area contributed by atoms with Crippen LogP contribution in [0, 0.1) is 0 Å². The molecule has 1 N–H and O–H groups in total. The van der Waals surface area contributed by atoms with E-state index in [2.05, 4.69) is 38.7 Å². The zero-order valence-electron chi connectivity index (χ0n) is 15.1. The molecule has 0 atom stereocenters. The van der Waals surface area contributed by atoms with E-state index in [0.717, 1.165) is 40.0 Å². The van der Waals surface area contributed by atoms with Gasteiger partial charge in [-0.2, -0.15) is 5.10 Å². The fourth-order valence-corrected chi connectivity index (χ4v) is 3.08. The van der Waals surface area contributed by atoms with Crippen molar-refractivity contribution in [2.24, 2.45) is 0 Å². The molecule has 0 saturated carbocycles. The molecular formula is C22H20N4O. The second-order valence-electron chi connectivity index (χ2n) is 6.28. The van der Waals surface area contributed by atoms with Crippen LogP contribution in [0.1, 0.15) is 16.8 Å². The minimum absolute atomic E-state index is 0.652. The van der Waals surface area contributed by atoms with Crippen molar-refractivity contribution in [3.05, 3.63) is 89.9 Å². The summed E-state index contributed by atoms with van der Waals surface area (Å²) in [4.78, 5) is 4.07. The van der Waals surface area contributed by atoms with Crippen LogP contribution in [-0.2, 0) is 13.0 Å². The fraction of sp³-hybridized carbons (Fsp3) is 0.136. The summed E-state index contributed by atoms with van der Waals surface area (Å²) in [5, 5.41) is 14.5. The monoisotopic (exact) mass is 356 g/mol. The van der Waals surface area contributed by atoms with E-state index in [4.69, 9.17) is 4.74 Å². The topological polar surface area (TPSA) is 59.9 Å². The van der Waals surface area contributed by atoms with Gasteiger partial charge in [-0.1, -0.05) is 36.4 Å². The summed E-state index contributed by atoms with van der Waals surface area (Å²) in [5.74, 6) is 1.63. The summed E-state index contributed by atoms with van der Waals surface area (Å²) < 4.78 is 5.29. The van der Waals surface area contributed by atoms with Gasteiger partial charge in [0.1, 0.15) is 5.75 Å². The molecule has 0 amide bonds. The lowest BCUT2D eigenvalue weighted by Crippen LogP contribution is -2.06. The van der Waals surface area contributed by atoms with Crippen LogP contribution in [0.2, 0.25) is 0 Å². The van der Waals surface area contributed by atoms with Crippen LogP contribution >= 0.6 is 0 Å². The Morgan fingerprint density at radius 3 is 2.48 bits per heavy atom. The first-order valence-corrected chi connectivity index (χ1v) is 8.83. The first-order chi connectivity index (χ1) is 13.3. The molecule has 2 aromatic carbocycles. The number of hydrogen-bond acceptors (Lipinski definition) is 5. The molecule has 0 unspecified atom stereocenters. The molecule has 134 valence electrons. The Bertz CT molecular complexity index is 1050. The van der Waals surface area contributed by atoms with Gasteiger partial charge in [0.25, 0.3) is 0 Å². The predicted molar refractivity (Wildman–Crippen MR) is 107 cm³/mol. The van der Waals surface area contributed by atoms with Crippen LogP contribution in [0.4, 0.5) is 5.82 Å². The van der Waals surface area contributed by atoms with Gasteiger partial charge in [0.15, 0.2) is 5.82 Å². The zero-order chi connectivity index (χ0) is 18.5. The summed E-state index contributed by atoms with van der Waals surface area (Å²) in [6, 6.07) is 20.2. The summed E-state index contributed by atoms with van der Waals surface area (Å²) >= 11 is 0. The summed E-state index contributed by atoms with van der Waals surface area (Å²) in [6.07, 6.45) is 4.33. The van der Waals surface area contributed by atoms with Crippen molar-refractivity contribution in [2.45, 2.75) is 13.0 Å². The van der Waals surface area contributed by atoms with Gasteiger partial charge < -0.3 is 10.1 Å². The Morgan fingerprint density at radius 1 is 0.852 bits per heavy atom. The smallest absolute Gasteiger partial charge is 0.156 e. The molecule has 5 heteroatoms. The average molecular weight is 356 g/mol. The third-order valence-corrected chi connectivity index (χ3v) is 4.48. The fourth-order valence-electron chi connectivity index (χ4n) is 3.08. The number of nitrogens with one attached hydrogen (secondary N) is 1. The number of nitrogens with zero attached hydrogens (tertiary/aromatic N) is 3. The second kappa shape index (κ2) is 7.83. The number of anilines is 1. The molecule has 0 saturated heterocycles. The predicted octanol–water partition coefficient (Wildman–Crippen LogP) is 4.24. The Kier molecular flexibility index (Phi) is 4.92. The molecule has 0 aliphatic heterocycles. The van der Waals surface area contributed by atoms with Gasteiger partial charge in [-0.3, -0.25) is 4.98 Å². The van der Waals surface area contributed by atoms with Gasteiger partial charge in [0.05, 0.1) is 12.8 Å². The normalized spacial score (nSPS) is 10.7.